The fraction of sp³-hybridized carbons (Fsp3) is 0.500. The average Bonchev–Trinajstić information content (AvgIpc) is 3.09. The summed E-state index contributed by atoms with van der Waals surface area (Å²) >= 11 is 5.89. The van der Waals surface area contributed by atoms with E-state index in [0.717, 1.165) is 18.5 Å². The molecule has 0 spiro atoms. The van der Waals surface area contributed by atoms with Crippen molar-refractivity contribution >= 4 is 27.3 Å². The van der Waals surface area contributed by atoms with Crippen molar-refractivity contribution in [1.29, 1.82) is 5.26 Å². The number of benzene rings is 1. The summed E-state index contributed by atoms with van der Waals surface area (Å²) < 4.78 is 27.2. The quantitative estimate of drug-likeness (QED) is 0.917. The maximum atomic E-state index is 12.2. The number of nitrogens with one attached hydrogen (secondary N) is 1. The highest BCUT2D eigenvalue weighted by molar-refractivity contribution is 7.90. The van der Waals surface area contributed by atoms with Crippen molar-refractivity contribution in [3.8, 4) is 6.07 Å². The Balaban J connectivity index is 1.76. The Hall–Kier alpha value is -1.29. The van der Waals surface area contributed by atoms with Gasteiger partial charge in [0.1, 0.15) is 6.07 Å². The summed E-state index contributed by atoms with van der Waals surface area (Å²) in [6, 6.07) is 7.37. The van der Waals surface area contributed by atoms with Crippen LogP contribution >= 0.6 is 11.6 Å². The van der Waals surface area contributed by atoms with Crippen molar-refractivity contribution in [3.05, 3.63) is 28.8 Å². The van der Waals surface area contributed by atoms with Crippen LogP contribution in [0.4, 0.5) is 5.69 Å². The molecular formula is C14H16ClN3O2S. The summed E-state index contributed by atoms with van der Waals surface area (Å²) in [5.41, 5.74) is 1.24. The third-order valence-electron chi connectivity index (χ3n) is 3.91. The molecule has 2 aliphatic rings. The lowest BCUT2D eigenvalue weighted by Gasteiger charge is -2.20. The molecule has 1 aromatic carbocycles. The smallest absolute Gasteiger partial charge is 0.216 e. The summed E-state index contributed by atoms with van der Waals surface area (Å²) in [5.74, 6) is 0. The maximum Gasteiger partial charge on any atom is 0.216 e. The van der Waals surface area contributed by atoms with E-state index in [1.54, 1.807) is 18.2 Å². The Morgan fingerprint density at radius 2 is 2.10 bits per heavy atom. The molecule has 0 aromatic heterocycles. The molecular weight excluding hydrogens is 310 g/mol. The summed E-state index contributed by atoms with van der Waals surface area (Å²) in [6.07, 6.45) is 2.45. The van der Waals surface area contributed by atoms with Gasteiger partial charge in [0, 0.05) is 24.2 Å². The molecule has 1 unspecified atom stereocenters. The lowest BCUT2D eigenvalue weighted by molar-refractivity contribution is 0.568. The third-order valence-corrected chi connectivity index (χ3v) is 6.07. The summed E-state index contributed by atoms with van der Waals surface area (Å²) in [4.78, 5) is 1.95. The van der Waals surface area contributed by atoms with Gasteiger partial charge in [-0.1, -0.05) is 11.6 Å². The van der Waals surface area contributed by atoms with E-state index >= 15 is 0 Å². The largest absolute Gasteiger partial charge is 0.369 e. The molecule has 7 heteroatoms. The van der Waals surface area contributed by atoms with Crippen LogP contribution < -0.4 is 9.62 Å². The first kappa shape index (κ1) is 14.6. The number of anilines is 1. The number of hydrogen-bond acceptors (Lipinski definition) is 4. The first-order valence-electron chi connectivity index (χ1n) is 6.95. The predicted octanol–water partition coefficient (Wildman–Crippen LogP) is 1.87. The van der Waals surface area contributed by atoms with Crippen molar-refractivity contribution in [2.75, 3.05) is 18.0 Å². The zero-order chi connectivity index (χ0) is 15.0. The average molecular weight is 326 g/mol. The number of rotatable bonds is 4. The second-order valence-electron chi connectivity index (χ2n) is 5.57. The van der Waals surface area contributed by atoms with Crippen molar-refractivity contribution in [2.45, 2.75) is 30.6 Å². The molecule has 1 atom stereocenters. The van der Waals surface area contributed by atoms with Crippen LogP contribution in [0.25, 0.3) is 0 Å². The molecule has 1 aliphatic carbocycles. The van der Waals surface area contributed by atoms with Gasteiger partial charge >= 0.3 is 0 Å². The Bertz CT molecular complexity index is 695. The van der Waals surface area contributed by atoms with E-state index in [-0.39, 0.29) is 6.04 Å². The Morgan fingerprint density at radius 3 is 2.76 bits per heavy atom. The second-order valence-corrected chi connectivity index (χ2v) is 8.00. The molecule has 3 rings (SSSR count). The minimum absolute atomic E-state index is 0.134. The maximum absolute atomic E-state index is 12.2. The van der Waals surface area contributed by atoms with E-state index in [4.69, 9.17) is 11.6 Å². The van der Waals surface area contributed by atoms with Crippen LogP contribution in [-0.4, -0.2) is 32.8 Å². The summed E-state index contributed by atoms with van der Waals surface area (Å²) in [5, 5.41) is 9.28. The molecule has 5 nitrogen and oxygen atoms in total. The van der Waals surface area contributed by atoms with Crippen LogP contribution in [0.15, 0.2) is 18.2 Å². The van der Waals surface area contributed by atoms with Gasteiger partial charge in [-0.15, -0.1) is 0 Å². The standard InChI is InChI=1S/C14H16ClN3O2S/c15-11-1-4-14(10(7-11)8-16)18-6-5-13(9-18)21(19,20)17-12-2-3-12/h1,4,7,12-13,17H,2-3,5-6,9H2. The fourth-order valence-electron chi connectivity index (χ4n) is 2.60. The van der Waals surface area contributed by atoms with Gasteiger partial charge in [0.05, 0.1) is 16.5 Å². The minimum Gasteiger partial charge on any atom is -0.369 e. The normalized spacial score (nSPS) is 22.3. The van der Waals surface area contributed by atoms with E-state index in [9.17, 15) is 13.7 Å². The van der Waals surface area contributed by atoms with E-state index in [1.165, 1.54) is 0 Å². The highest BCUT2D eigenvalue weighted by Gasteiger charge is 2.37. The van der Waals surface area contributed by atoms with Crippen molar-refractivity contribution in [3.63, 3.8) is 0 Å². The molecule has 1 aliphatic heterocycles. The fourth-order valence-corrected chi connectivity index (χ4v) is 4.46. The van der Waals surface area contributed by atoms with E-state index in [0.29, 0.717) is 30.1 Å². The van der Waals surface area contributed by atoms with E-state index in [2.05, 4.69) is 10.8 Å². The number of halogens is 1. The van der Waals surface area contributed by atoms with Gasteiger partial charge in [-0.2, -0.15) is 5.26 Å². The Morgan fingerprint density at radius 1 is 1.33 bits per heavy atom. The highest BCUT2D eigenvalue weighted by Crippen LogP contribution is 2.29. The zero-order valence-electron chi connectivity index (χ0n) is 11.4. The van der Waals surface area contributed by atoms with E-state index < -0.39 is 15.3 Å². The molecule has 0 radical (unpaired) electrons. The number of nitrogens with zero attached hydrogens (tertiary/aromatic N) is 2. The Labute approximate surface area is 129 Å². The molecule has 0 bridgehead atoms. The van der Waals surface area contributed by atoms with Gasteiger partial charge in [0.2, 0.25) is 10.0 Å². The van der Waals surface area contributed by atoms with Crippen LogP contribution in [0.3, 0.4) is 0 Å². The van der Waals surface area contributed by atoms with Crippen LogP contribution in [0.2, 0.25) is 5.02 Å². The first-order chi connectivity index (χ1) is 9.99. The summed E-state index contributed by atoms with van der Waals surface area (Å²) in [6.45, 7) is 1.05. The zero-order valence-corrected chi connectivity index (χ0v) is 13.0. The van der Waals surface area contributed by atoms with Gasteiger partial charge in [-0.05, 0) is 37.5 Å². The molecule has 1 saturated heterocycles. The van der Waals surface area contributed by atoms with Crippen LogP contribution in [-0.2, 0) is 10.0 Å². The minimum atomic E-state index is -3.27. The molecule has 2 fully saturated rings. The van der Waals surface area contributed by atoms with Crippen LogP contribution in [0, 0.1) is 11.3 Å². The third kappa shape index (κ3) is 3.15. The molecule has 1 N–H and O–H groups in total. The number of nitriles is 1. The topological polar surface area (TPSA) is 73.2 Å². The molecule has 21 heavy (non-hydrogen) atoms. The lowest BCUT2D eigenvalue weighted by atomic mass is 10.2. The molecule has 1 saturated carbocycles. The van der Waals surface area contributed by atoms with Gasteiger partial charge in [-0.3, -0.25) is 0 Å². The monoisotopic (exact) mass is 325 g/mol. The van der Waals surface area contributed by atoms with Crippen molar-refractivity contribution in [2.24, 2.45) is 0 Å². The van der Waals surface area contributed by atoms with E-state index in [1.807, 2.05) is 4.90 Å². The van der Waals surface area contributed by atoms with Gasteiger partial charge in [-0.25, -0.2) is 13.1 Å². The molecule has 112 valence electrons. The highest BCUT2D eigenvalue weighted by atomic mass is 35.5. The number of hydrogen-bond donors (Lipinski definition) is 1. The first-order valence-corrected chi connectivity index (χ1v) is 8.88. The molecule has 0 amide bonds. The Kier molecular flexibility index (Phi) is 3.82. The SMILES string of the molecule is N#Cc1cc(Cl)ccc1N1CCC(S(=O)(=O)NC2CC2)C1. The number of sulfonamides is 1. The molecule has 1 heterocycles. The second kappa shape index (κ2) is 5.48. The van der Waals surface area contributed by atoms with Gasteiger partial charge < -0.3 is 4.90 Å². The van der Waals surface area contributed by atoms with Crippen molar-refractivity contribution in [1.82, 2.24) is 4.72 Å². The summed E-state index contributed by atoms with van der Waals surface area (Å²) in [7, 11) is -3.27. The predicted molar refractivity (Wildman–Crippen MR) is 81.9 cm³/mol. The van der Waals surface area contributed by atoms with Crippen LogP contribution in [0.5, 0.6) is 0 Å². The molecule has 1 aromatic rings. The van der Waals surface area contributed by atoms with Gasteiger partial charge in [0.15, 0.2) is 0 Å². The van der Waals surface area contributed by atoms with Gasteiger partial charge in [0.25, 0.3) is 0 Å². The van der Waals surface area contributed by atoms with Crippen molar-refractivity contribution < 1.29 is 8.42 Å². The lowest BCUT2D eigenvalue weighted by Crippen LogP contribution is -2.37. The van der Waals surface area contributed by atoms with Crippen LogP contribution in [0.1, 0.15) is 24.8 Å².